The zero-order chi connectivity index (χ0) is 15.0. The van der Waals surface area contributed by atoms with Crippen LogP contribution in [0.15, 0.2) is 40.3 Å². The number of nitrogens with zero attached hydrogens (tertiary/aromatic N) is 2. The van der Waals surface area contributed by atoms with Gasteiger partial charge in [-0.2, -0.15) is 0 Å². The van der Waals surface area contributed by atoms with Gasteiger partial charge in [0.2, 0.25) is 5.75 Å². The normalized spacial score (nSPS) is 10.8. The summed E-state index contributed by atoms with van der Waals surface area (Å²) in [6.45, 7) is 1.88. The van der Waals surface area contributed by atoms with Gasteiger partial charge in [0, 0.05) is 4.47 Å². The number of hydrogen-bond donors (Lipinski definition) is 0. The lowest BCUT2D eigenvalue weighted by molar-refractivity contribution is -0.384. The van der Waals surface area contributed by atoms with Crippen LogP contribution in [0.3, 0.4) is 0 Å². The molecule has 0 radical (unpaired) electrons. The minimum absolute atomic E-state index is 0.104. The van der Waals surface area contributed by atoms with Crippen LogP contribution >= 0.6 is 27.3 Å². The van der Waals surface area contributed by atoms with Crippen LogP contribution in [0.4, 0.5) is 5.69 Å². The van der Waals surface area contributed by atoms with E-state index >= 15 is 0 Å². The van der Waals surface area contributed by atoms with Crippen molar-refractivity contribution >= 4 is 43.2 Å². The number of fused-ring (bicyclic) bond motifs is 1. The number of aryl methyl sites for hydroxylation is 1. The first-order chi connectivity index (χ1) is 10.1. The van der Waals surface area contributed by atoms with Gasteiger partial charge in [-0.05, 0) is 36.8 Å². The number of thiazole rings is 1. The predicted molar refractivity (Wildman–Crippen MR) is 85.2 cm³/mol. The summed E-state index contributed by atoms with van der Waals surface area (Å²) in [6.07, 6.45) is 0. The first-order valence-electron chi connectivity index (χ1n) is 6.01. The van der Waals surface area contributed by atoms with E-state index in [1.54, 1.807) is 23.7 Å². The maximum atomic E-state index is 11.4. The Morgan fingerprint density at radius 1 is 1.29 bits per heavy atom. The van der Waals surface area contributed by atoms with E-state index in [1.807, 2.05) is 19.1 Å². The number of aromatic nitrogens is 1. The zero-order valence-corrected chi connectivity index (χ0v) is 13.3. The Bertz CT molecular complexity index is 847. The van der Waals surface area contributed by atoms with Crippen LogP contribution in [0.2, 0.25) is 0 Å². The molecular weight excluding hydrogens is 356 g/mol. The van der Waals surface area contributed by atoms with Gasteiger partial charge in [-0.1, -0.05) is 22.0 Å². The van der Waals surface area contributed by atoms with Crippen molar-refractivity contribution in [1.82, 2.24) is 4.98 Å². The fourth-order valence-electron chi connectivity index (χ4n) is 1.96. The number of benzene rings is 2. The number of halogens is 1. The molecule has 0 saturated heterocycles. The van der Waals surface area contributed by atoms with Crippen LogP contribution in [0, 0.1) is 17.0 Å². The Hall–Kier alpha value is -1.99. The van der Waals surface area contributed by atoms with E-state index in [0.717, 1.165) is 14.7 Å². The number of ether oxygens (including phenoxy) is 1. The van der Waals surface area contributed by atoms with Crippen molar-refractivity contribution in [2.24, 2.45) is 0 Å². The van der Waals surface area contributed by atoms with E-state index < -0.39 is 4.92 Å². The van der Waals surface area contributed by atoms with Crippen molar-refractivity contribution in [3.63, 3.8) is 0 Å². The summed E-state index contributed by atoms with van der Waals surface area (Å²) in [5.41, 5.74) is 2.74. The third-order valence-corrected chi connectivity index (χ3v) is 4.28. The molecule has 1 heterocycles. The molecule has 0 saturated carbocycles. The Balaban J connectivity index is 2.14. The SMILES string of the molecule is Cc1ccc(Br)cc1Oc1ccc2scnc2c1[N+](=O)[O-]. The van der Waals surface area contributed by atoms with Crippen molar-refractivity contribution in [3.05, 3.63) is 56.0 Å². The maximum Gasteiger partial charge on any atom is 0.338 e. The van der Waals surface area contributed by atoms with Crippen LogP contribution < -0.4 is 4.74 Å². The van der Waals surface area contributed by atoms with Gasteiger partial charge in [0.25, 0.3) is 0 Å². The van der Waals surface area contributed by atoms with Gasteiger partial charge in [0.1, 0.15) is 5.75 Å². The highest BCUT2D eigenvalue weighted by atomic mass is 79.9. The minimum Gasteiger partial charge on any atom is -0.450 e. The van der Waals surface area contributed by atoms with Gasteiger partial charge in [0.05, 0.1) is 15.1 Å². The molecule has 3 aromatic rings. The quantitative estimate of drug-likeness (QED) is 0.480. The van der Waals surface area contributed by atoms with Crippen molar-refractivity contribution < 1.29 is 9.66 Å². The highest BCUT2D eigenvalue weighted by molar-refractivity contribution is 9.10. The van der Waals surface area contributed by atoms with E-state index in [9.17, 15) is 10.1 Å². The van der Waals surface area contributed by atoms with E-state index in [-0.39, 0.29) is 11.4 Å². The number of nitro benzene ring substituents is 1. The topological polar surface area (TPSA) is 65.3 Å². The maximum absolute atomic E-state index is 11.4. The molecule has 0 aliphatic carbocycles. The Kier molecular flexibility index (Phi) is 3.60. The summed E-state index contributed by atoms with van der Waals surface area (Å²) < 4.78 is 7.36. The van der Waals surface area contributed by atoms with Gasteiger partial charge in [-0.25, -0.2) is 4.98 Å². The van der Waals surface area contributed by atoms with Crippen LogP contribution in [0.1, 0.15) is 5.56 Å². The molecule has 0 unspecified atom stereocenters. The van der Waals surface area contributed by atoms with Crippen molar-refractivity contribution in [2.45, 2.75) is 6.92 Å². The zero-order valence-electron chi connectivity index (χ0n) is 10.9. The summed E-state index contributed by atoms with van der Waals surface area (Å²) in [7, 11) is 0. The van der Waals surface area contributed by atoms with Gasteiger partial charge in [-0.15, -0.1) is 11.3 Å². The van der Waals surface area contributed by atoms with Gasteiger partial charge in [-0.3, -0.25) is 10.1 Å². The van der Waals surface area contributed by atoms with Crippen LogP contribution in [-0.2, 0) is 0 Å². The fourth-order valence-corrected chi connectivity index (χ4v) is 2.98. The Morgan fingerprint density at radius 2 is 2.10 bits per heavy atom. The summed E-state index contributed by atoms with van der Waals surface area (Å²) in [4.78, 5) is 15.0. The Labute approximate surface area is 132 Å². The van der Waals surface area contributed by atoms with E-state index in [1.165, 1.54) is 11.3 Å². The van der Waals surface area contributed by atoms with E-state index in [4.69, 9.17) is 4.74 Å². The molecule has 0 aliphatic heterocycles. The van der Waals surface area contributed by atoms with Gasteiger partial charge < -0.3 is 4.74 Å². The molecule has 1 aromatic heterocycles. The molecule has 0 aliphatic rings. The molecule has 106 valence electrons. The molecule has 3 rings (SSSR count). The molecule has 2 aromatic carbocycles. The molecule has 7 heteroatoms. The summed E-state index contributed by atoms with van der Waals surface area (Å²) >= 11 is 4.73. The standard InChI is InChI=1S/C14H9BrN2O3S/c1-8-2-3-9(15)6-11(8)20-10-4-5-12-13(16-7-21-12)14(10)17(18)19/h2-7H,1H3. The second-order valence-electron chi connectivity index (χ2n) is 4.38. The molecule has 0 bridgehead atoms. The third-order valence-electron chi connectivity index (χ3n) is 2.99. The lowest BCUT2D eigenvalue weighted by atomic mass is 10.2. The molecule has 0 fully saturated rings. The number of hydrogen-bond acceptors (Lipinski definition) is 5. The monoisotopic (exact) mass is 364 g/mol. The van der Waals surface area contributed by atoms with Gasteiger partial charge in [0.15, 0.2) is 5.52 Å². The predicted octanol–water partition coefficient (Wildman–Crippen LogP) is 5.07. The Morgan fingerprint density at radius 3 is 2.86 bits per heavy atom. The second kappa shape index (κ2) is 5.42. The first-order valence-corrected chi connectivity index (χ1v) is 7.68. The number of rotatable bonds is 3. The molecule has 0 spiro atoms. The van der Waals surface area contributed by atoms with Crippen molar-refractivity contribution in [1.29, 1.82) is 0 Å². The molecule has 0 atom stereocenters. The minimum atomic E-state index is -0.454. The van der Waals surface area contributed by atoms with E-state index in [0.29, 0.717) is 11.3 Å². The molecular formula is C14H9BrN2O3S. The summed E-state index contributed by atoms with van der Waals surface area (Å²) in [5.74, 6) is 0.765. The second-order valence-corrected chi connectivity index (χ2v) is 6.18. The summed E-state index contributed by atoms with van der Waals surface area (Å²) in [5, 5.41) is 11.4. The average molecular weight is 365 g/mol. The van der Waals surface area contributed by atoms with Crippen LogP contribution in [-0.4, -0.2) is 9.91 Å². The largest absolute Gasteiger partial charge is 0.450 e. The van der Waals surface area contributed by atoms with Gasteiger partial charge >= 0.3 is 5.69 Å². The van der Waals surface area contributed by atoms with Crippen molar-refractivity contribution in [3.8, 4) is 11.5 Å². The molecule has 21 heavy (non-hydrogen) atoms. The average Bonchev–Trinajstić information content (AvgIpc) is 2.90. The molecule has 5 nitrogen and oxygen atoms in total. The first kappa shape index (κ1) is 14.0. The summed E-state index contributed by atoms with van der Waals surface area (Å²) in [6, 6.07) is 8.94. The molecule has 0 amide bonds. The fraction of sp³-hybridized carbons (Fsp3) is 0.0714. The third kappa shape index (κ3) is 2.62. The smallest absolute Gasteiger partial charge is 0.338 e. The van der Waals surface area contributed by atoms with Crippen LogP contribution in [0.25, 0.3) is 10.2 Å². The highest BCUT2D eigenvalue weighted by Gasteiger charge is 2.22. The van der Waals surface area contributed by atoms with Crippen LogP contribution in [0.5, 0.6) is 11.5 Å². The highest BCUT2D eigenvalue weighted by Crippen LogP contribution is 2.39. The lowest BCUT2D eigenvalue weighted by Gasteiger charge is -2.09. The molecule has 0 N–H and O–H groups in total. The van der Waals surface area contributed by atoms with Crippen molar-refractivity contribution in [2.75, 3.05) is 0 Å². The lowest BCUT2D eigenvalue weighted by Crippen LogP contribution is -1.95. The van der Waals surface area contributed by atoms with E-state index in [2.05, 4.69) is 20.9 Å². The number of nitro groups is 1.